The summed E-state index contributed by atoms with van der Waals surface area (Å²) in [6, 6.07) is 9.17. The molecule has 0 heterocycles. The van der Waals surface area contributed by atoms with Crippen LogP contribution in [0.15, 0.2) is 41.3 Å². The Kier molecular flexibility index (Phi) is 4.89. The van der Waals surface area contributed by atoms with Crippen LogP contribution < -0.4 is 15.2 Å². The monoisotopic (exact) mass is 348 g/mol. The number of benzene rings is 2. The predicted molar refractivity (Wildman–Crippen MR) is 89.2 cm³/mol. The molecule has 7 nitrogen and oxygen atoms in total. The van der Waals surface area contributed by atoms with E-state index in [0.29, 0.717) is 23.1 Å². The van der Waals surface area contributed by atoms with E-state index in [0.717, 1.165) is 13.0 Å². The van der Waals surface area contributed by atoms with E-state index in [4.69, 9.17) is 10.5 Å². The molecule has 126 valence electrons. The van der Waals surface area contributed by atoms with E-state index in [1.165, 1.54) is 13.2 Å². The SMILES string of the molecule is COc1c(C=O)cc(S(=O)(=O)NC(C)=O)cc1-c1cccc(N)c1. The molecule has 2 aromatic rings. The first-order valence-electron chi connectivity index (χ1n) is 6.85. The molecular formula is C16H16N2O5S. The first kappa shape index (κ1) is 17.5. The predicted octanol–water partition coefficient (Wildman–Crippen LogP) is 1.58. The van der Waals surface area contributed by atoms with Crippen molar-refractivity contribution in [3.05, 3.63) is 42.0 Å². The molecular weight excluding hydrogens is 332 g/mol. The number of nitrogens with one attached hydrogen (secondary N) is 1. The molecule has 2 rings (SSSR count). The summed E-state index contributed by atoms with van der Waals surface area (Å²) in [4.78, 5) is 22.2. The van der Waals surface area contributed by atoms with Gasteiger partial charge in [-0.05, 0) is 29.8 Å². The average molecular weight is 348 g/mol. The third kappa shape index (κ3) is 3.54. The average Bonchev–Trinajstić information content (AvgIpc) is 2.52. The molecule has 0 fully saturated rings. The highest BCUT2D eigenvalue weighted by atomic mass is 32.2. The first-order chi connectivity index (χ1) is 11.3. The topological polar surface area (TPSA) is 116 Å². The summed E-state index contributed by atoms with van der Waals surface area (Å²) in [5.74, 6) is -0.513. The van der Waals surface area contributed by atoms with Crippen LogP contribution in [0.1, 0.15) is 17.3 Å². The van der Waals surface area contributed by atoms with Crippen LogP contribution in [0.2, 0.25) is 0 Å². The summed E-state index contributed by atoms with van der Waals surface area (Å²) in [6.07, 6.45) is 0.488. The van der Waals surface area contributed by atoms with Gasteiger partial charge in [0.15, 0.2) is 6.29 Å². The fraction of sp³-hybridized carbons (Fsp3) is 0.125. The van der Waals surface area contributed by atoms with Gasteiger partial charge in [0.05, 0.1) is 17.6 Å². The Morgan fingerprint density at radius 2 is 1.96 bits per heavy atom. The van der Waals surface area contributed by atoms with Crippen LogP contribution in [0.25, 0.3) is 11.1 Å². The second kappa shape index (κ2) is 6.71. The summed E-state index contributed by atoms with van der Waals surface area (Å²) in [5, 5.41) is 0. The van der Waals surface area contributed by atoms with Gasteiger partial charge in [-0.3, -0.25) is 9.59 Å². The standard InChI is InChI=1S/C16H16N2O5S/c1-10(20)18-24(21,22)14-7-12(9-19)16(23-2)15(8-14)11-4-3-5-13(17)6-11/h3-9H,17H2,1-2H3,(H,18,20). The van der Waals surface area contributed by atoms with Crippen molar-refractivity contribution in [1.29, 1.82) is 0 Å². The largest absolute Gasteiger partial charge is 0.495 e. The Morgan fingerprint density at radius 1 is 1.25 bits per heavy atom. The number of hydrogen-bond acceptors (Lipinski definition) is 6. The van der Waals surface area contributed by atoms with Gasteiger partial charge < -0.3 is 10.5 Å². The number of nitrogens with two attached hydrogens (primary N) is 1. The van der Waals surface area contributed by atoms with Gasteiger partial charge in [-0.25, -0.2) is 13.1 Å². The summed E-state index contributed by atoms with van der Waals surface area (Å²) in [5.41, 5.74) is 7.23. The maximum atomic E-state index is 12.2. The van der Waals surface area contributed by atoms with Gasteiger partial charge in [0, 0.05) is 18.2 Å². The molecule has 0 aliphatic heterocycles. The van der Waals surface area contributed by atoms with E-state index >= 15 is 0 Å². The number of methoxy groups -OCH3 is 1. The number of carbonyl (C=O) groups excluding carboxylic acids is 2. The zero-order valence-electron chi connectivity index (χ0n) is 13.1. The third-order valence-electron chi connectivity index (χ3n) is 3.21. The van der Waals surface area contributed by atoms with Crippen LogP contribution in [0, 0.1) is 0 Å². The minimum Gasteiger partial charge on any atom is -0.495 e. The Labute approximate surface area is 139 Å². The number of aldehydes is 1. The highest BCUT2D eigenvalue weighted by Gasteiger charge is 2.21. The molecule has 8 heteroatoms. The minimum absolute atomic E-state index is 0.0429. The maximum absolute atomic E-state index is 12.2. The highest BCUT2D eigenvalue weighted by Crippen LogP contribution is 2.35. The number of carbonyl (C=O) groups is 2. The Bertz CT molecular complexity index is 907. The third-order valence-corrected chi connectivity index (χ3v) is 4.62. The van der Waals surface area contributed by atoms with Gasteiger partial charge in [-0.15, -0.1) is 0 Å². The number of amides is 1. The van der Waals surface area contributed by atoms with Crippen LogP contribution in [0.3, 0.4) is 0 Å². The van der Waals surface area contributed by atoms with Gasteiger partial charge in [0.1, 0.15) is 5.75 Å². The number of sulfonamides is 1. The Morgan fingerprint density at radius 3 is 2.50 bits per heavy atom. The second-order valence-corrected chi connectivity index (χ2v) is 6.68. The molecule has 0 aliphatic carbocycles. The zero-order chi connectivity index (χ0) is 17.9. The van der Waals surface area contributed by atoms with Crippen molar-refractivity contribution in [2.45, 2.75) is 11.8 Å². The second-order valence-electron chi connectivity index (χ2n) is 5.00. The highest BCUT2D eigenvalue weighted by molar-refractivity contribution is 7.90. The van der Waals surface area contributed by atoms with Crippen LogP contribution in [0.5, 0.6) is 5.75 Å². The lowest BCUT2D eigenvalue weighted by Gasteiger charge is -2.14. The van der Waals surface area contributed by atoms with Gasteiger partial charge >= 0.3 is 0 Å². The molecule has 0 radical (unpaired) electrons. The van der Waals surface area contributed by atoms with E-state index < -0.39 is 15.9 Å². The molecule has 1 amide bonds. The Hall–Kier alpha value is -2.87. The summed E-state index contributed by atoms with van der Waals surface area (Å²) in [7, 11) is -2.73. The van der Waals surface area contributed by atoms with Crippen LogP contribution in [-0.2, 0) is 14.8 Å². The van der Waals surface area contributed by atoms with Crippen molar-refractivity contribution in [3.8, 4) is 16.9 Å². The van der Waals surface area contributed by atoms with Crippen molar-refractivity contribution < 1.29 is 22.7 Å². The van der Waals surface area contributed by atoms with E-state index in [1.807, 2.05) is 4.72 Å². The lowest BCUT2D eigenvalue weighted by Crippen LogP contribution is -2.28. The van der Waals surface area contributed by atoms with Crippen molar-refractivity contribution in [2.24, 2.45) is 0 Å². The molecule has 0 spiro atoms. The normalized spacial score (nSPS) is 10.9. The lowest BCUT2D eigenvalue weighted by molar-refractivity contribution is -0.117. The molecule has 0 atom stereocenters. The molecule has 0 saturated carbocycles. The van der Waals surface area contributed by atoms with Crippen molar-refractivity contribution in [1.82, 2.24) is 4.72 Å². The summed E-state index contributed by atoms with van der Waals surface area (Å²) < 4.78 is 31.6. The Balaban J connectivity index is 2.76. The van der Waals surface area contributed by atoms with E-state index in [9.17, 15) is 18.0 Å². The molecule has 0 unspecified atom stereocenters. The van der Waals surface area contributed by atoms with E-state index in [2.05, 4.69) is 0 Å². The number of ether oxygens (including phenoxy) is 1. The maximum Gasteiger partial charge on any atom is 0.264 e. The number of nitrogen functional groups attached to an aromatic ring is 1. The van der Waals surface area contributed by atoms with E-state index in [-0.39, 0.29) is 16.2 Å². The fourth-order valence-corrected chi connectivity index (χ4v) is 3.31. The van der Waals surface area contributed by atoms with Gasteiger partial charge in [0.2, 0.25) is 5.91 Å². The summed E-state index contributed by atoms with van der Waals surface area (Å²) >= 11 is 0. The van der Waals surface area contributed by atoms with Crippen molar-refractivity contribution in [3.63, 3.8) is 0 Å². The van der Waals surface area contributed by atoms with Gasteiger partial charge in [0.25, 0.3) is 10.0 Å². The lowest BCUT2D eigenvalue weighted by atomic mass is 10.0. The zero-order valence-corrected chi connectivity index (χ0v) is 13.9. The number of anilines is 1. The molecule has 0 aromatic heterocycles. The smallest absolute Gasteiger partial charge is 0.264 e. The molecule has 0 bridgehead atoms. The van der Waals surface area contributed by atoms with Crippen LogP contribution >= 0.6 is 0 Å². The quantitative estimate of drug-likeness (QED) is 0.626. The molecule has 0 saturated heterocycles. The molecule has 2 aromatic carbocycles. The van der Waals surface area contributed by atoms with Gasteiger partial charge in [-0.1, -0.05) is 12.1 Å². The van der Waals surface area contributed by atoms with Crippen LogP contribution in [-0.4, -0.2) is 27.7 Å². The number of rotatable bonds is 5. The van der Waals surface area contributed by atoms with Crippen molar-refractivity contribution >= 4 is 27.9 Å². The van der Waals surface area contributed by atoms with Crippen LogP contribution in [0.4, 0.5) is 5.69 Å². The minimum atomic E-state index is -4.10. The molecule has 0 aliphatic rings. The van der Waals surface area contributed by atoms with Gasteiger partial charge in [-0.2, -0.15) is 0 Å². The van der Waals surface area contributed by atoms with E-state index in [1.54, 1.807) is 24.3 Å². The van der Waals surface area contributed by atoms with Crippen molar-refractivity contribution in [2.75, 3.05) is 12.8 Å². The first-order valence-corrected chi connectivity index (χ1v) is 8.33. The number of hydrogen-bond donors (Lipinski definition) is 2. The molecule has 24 heavy (non-hydrogen) atoms. The fourth-order valence-electron chi connectivity index (χ4n) is 2.26. The summed E-state index contributed by atoms with van der Waals surface area (Å²) in [6.45, 7) is 1.08. The molecule has 3 N–H and O–H groups in total.